The number of hydrogen-bond donors (Lipinski definition) is 1. The van der Waals surface area contributed by atoms with Crippen LogP contribution in [0.25, 0.3) is 0 Å². The molecule has 0 fully saturated rings. The number of nitrogens with one attached hydrogen (secondary N) is 1. The molecule has 0 saturated carbocycles. The van der Waals surface area contributed by atoms with Gasteiger partial charge in [0, 0.05) is 19.8 Å². The Balaban J connectivity index is 2.01. The van der Waals surface area contributed by atoms with Crippen molar-refractivity contribution in [1.29, 1.82) is 0 Å². The Hall–Kier alpha value is -1.06. The van der Waals surface area contributed by atoms with Crippen LogP contribution in [0.5, 0.6) is 5.75 Å². The summed E-state index contributed by atoms with van der Waals surface area (Å²) in [7, 11) is 0. The Labute approximate surface area is 117 Å². The second-order valence-electron chi connectivity index (χ2n) is 4.77. The number of unbranched alkanes of at least 4 members (excludes halogenated alkanes) is 1. The Morgan fingerprint density at radius 2 is 1.89 bits per heavy atom. The van der Waals surface area contributed by atoms with Gasteiger partial charge in [-0.15, -0.1) is 0 Å². The van der Waals surface area contributed by atoms with Crippen molar-refractivity contribution < 1.29 is 9.47 Å². The third-order valence-corrected chi connectivity index (χ3v) is 2.96. The fourth-order valence-electron chi connectivity index (χ4n) is 1.92. The fraction of sp³-hybridized carbons (Fsp3) is 0.625. The Morgan fingerprint density at radius 1 is 1.05 bits per heavy atom. The molecule has 0 heterocycles. The quantitative estimate of drug-likeness (QED) is 0.659. The van der Waals surface area contributed by atoms with Gasteiger partial charge in [-0.3, -0.25) is 0 Å². The van der Waals surface area contributed by atoms with E-state index in [1.807, 2.05) is 13.0 Å². The van der Waals surface area contributed by atoms with Gasteiger partial charge < -0.3 is 14.8 Å². The monoisotopic (exact) mass is 265 g/mol. The zero-order chi connectivity index (χ0) is 13.9. The summed E-state index contributed by atoms with van der Waals surface area (Å²) < 4.78 is 11.0. The average molecular weight is 265 g/mol. The summed E-state index contributed by atoms with van der Waals surface area (Å²) in [5, 5.41) is 3.38. The molecule has 0 aliphatic carbocycles. The zero-order valence-corrected chi connectivity index (χ0v) is 12.5. The molecule has 0 unspecified atom stereocenters. The Morgan fingerprint density at radius 3 is 2.63 bits per heavy atom. The Kier molecular flexibility index (Phi) is 8.26. The van der Waals surface area contributed by atoms with E-state index in [4.69, 9.17) is 9.47 Å². The molecule has 0 saturated heterocycles. The first-order valence-corrected chi connectivity index (χ1v) is 7.22. The normalized spacial score (nSPS) is 10.7. The summed E-state index contributed by atoms with van der Waals surface area (Å²) >= 11 is 0. The van der Waals surface area contributed by atoms with Crippen molar-refractivity contribution in [3.8, 4) is 5.75 Å². The van der Waals surface area contributed by atoms with Crippen molar-refractivity contribution in [2.24, 2.45) is 0 Å². The van der Waals surface area contributed by atoms with E-state index in [9.17, 15) is 0 Å². The molecule has 0 aliphatic heterocycles. The van der Waals surface area contributed by atoms with Gasteiger partial charge in [-0.25, -0.2) is 0 Å². The molecule has 3 heteroatoms. The predicted octanol–water partition coefficient (Wildman–Crippen LogP) is 3.09. The van der Waals surface area contributed by atoms with Crippen molar-refractivity contribution in [2.75, 3.05) is 32.9 Å². The molecule has 19 heavy (non-hydrogen) atoms. The molecular weight excluding hydrogens is 238 g/mol. The van der Waals surface area contributed by atoms with Crippen LogP contribution in [0.15, 0.2) is 18.2 Å². The van der Waals surface area contributed by atoms with E-state index in [1.54, 1.807) is 0 Å². The van der Waals surface area contributed by atoms with Crippen LogP contribution >= 0.6 is 0 Å². The third-order valence-electron chi connectivity index (χ3n) is 2.96. The van der Waals surface area contributed by atoms with E-state index in [2.05, 4.69) is 31.3 Å². The maximum absolute atomic E-state index is 5.75. The van der Waals surface area contributed by atoms with Crippen LogP contribution in [0.1, 0.15) is 30.9 Å². The molecule has 0 atom stereocenters. The maximum Gasteiger partial charge on any atom is 0.122 e. The lowest BCUT2D eigenvalue weighted by atomic mass is 10.1. The van der Waals surface area contributed by atoms with E-state index in [0.717, 1.165) is 51.5 Å². The summed E-state index contributed by atoms with van der Waals surface area (Å²) in [6, 6.07) is 6.28. The number of ether oxygens (including phenoxy) is 2. The van der Waals surface area contributed by atoms with Crippen LogP contribution in [-0.2, 0) is 4.74 Å². The highest BCUT2D eigenvalue weighted by atomic mass is 16.5. The maximum atomic E-state index is 5.75. The summed E-state index contributed by atoms with van der Waals surface area (Å²) in [5.74, 6) is 0.990. The number of hydrogen-bond acceptors (Lipinski definition) is 3. The molecule has 1 aromatic carbocycles. The lowest BCUT2D eigenvalue weighted by Gasteiger charge is -2.10. The second-order valence-corrected chi connectivity index (χ2v) is 4.77. The summed E-state index contributed by atoms with van der Waals surface area (Å²) in [5.41, 5.74) is 2.48. The molecule has 0 amide bonds. The Bertz CT molecular complexity index is 353. The van der Waals surface area contributed by atoms with Gasteiger partial charge in [0.15, 0.2) is 0 Å². The molecule has 0 aliphatic rings. The van der Waals surface area contributed by atoms with Crippen molar-refractivity contribution >= 4 is 0 Å². The van der Waals surface area contributed by atoms with Gasteiger partial charge in [0.2, 0.25) is 0 Å². The van der Waals surface area contributed by atoms with Crippen LogP contribution in [0, 0.1) is 13.8 Å². The van der Waals surface area contributed by atoms with E-state index in [-0.39, 0.29) is 0 Å². The molecule has 1 rings (SSSR count). The molecule has 1 aromatic rings. The minimum atomic E-state index is 0.718. The fourth-order valence-corrected chi connectivity index (χ4v) is 1.92. The first-order valence-electron chi connectivity index (χ1n) is 7.22. The summed E-state index contributed by atoms with van der Waals surface area (Å²) in [4.78, 5) is 0. The number of benzene rings is 1. The number of aryl methyl sites for hydroxylation is 2. The van der Waals surface area contributed by atoms with Gasteiger partial charge in [-0.2, -0.15) is 0 Å². The minimum Gasteiger partial charge on any atom is -0.492 e. The van der Waals surface area contributed by atoms with E-state index >= 15 is 0 Å². The molecule has 3 nitrogen and oxygen atoms in total. The molecule has 0 radical (unpaired) electrons. The topological polar surface area (TPSA) is 30.5 Å². The summed E-state index contributed by atoms with van der Waals surface area (Å²) in [6.45, 7) is 10.5. The van der Waals surface area contributed by atoms with Crippen molar-refractivity contribution in [3.63, 3.8) is 0 Å². The molecule has 0 spiro atoms. The average Bonchev–Trinajstić information content (AvgIpc) is 2.39. The lowest BCUT2D eigenvalue weighted by molar-refractivity contribution is 0.143. The van der Waals surface area contributed by atoms with Crippen LogP contribution in [0.2, 0.25) is 0 Å². The molecule has 0 bridgehead atoms. The van der Waals surface area contributed by atoms with Crippen molar-refractivity contribution in [3.05, 3.63) is 29.3 Å². The van der Waals surface area contributed by atoms with Crippen LogP contribution in [0.4, 0.5) is 0 Å². The summed E-state index contributed by atoms with van der Waals surface area (Å²) in [6.07, 6.45) is 2.28. The third kappa shape index (κ3) is 7.19. The highest BCUT2D eigenvalue weighted by Crippen LogP contribution is 2.18. The molecule has 108 valence electrons. The van der Waals surface area contributed by atoms with Gasteiger partial charge in [0.05, 0.1) is 0 Å². The highest BCUT2D eigenvalue weighted by molar-refractivity contribution is 5.35. The molecule has 0 aromatic heterocycles. The second kappa shape index (κ2) is 9.82. The van der Waals surface area contributed by atoms with Crippen LogP contribution in [-0.4, -0.2) is 32.9 Å². The first-order chi connectivity index (χ1) is 9.24. The van der Waals surface area contributed by atoms with Crippen molar-refractivity contribution in [2.45, 2.75) is 33.6 Å². The number of rotatable bonds is 10. The van der Waals surface area contributed by atoms with Gasteiger partial charge in [0.25, 0.3) is 0 Å². The first kappa shape index (κ1) is 16.0. The predicted molar refractivity (Wildman–Crippen MR) is 80.0 cm³/mol. The van der Waals surface area contributed by atoms with E-state index in [0.29, 0.717) is 0 Å². The standard InChI is InChI=1S/C16H27NO2/c1-4-18-11-6-5-9-17-10-12-19-16-8-7-14(2)13-15(16)3/h7-8,13,17H,4-6,9-12H2,1-3H3. The molecule has 1 N–H and O–H groups in total. The largest absolute Gasteiger partial charge is 0.492 e. The van der Waals surface area contributed by atoms with Gasteiger partial charge in [-0.05, 0) is 51.8 Å². The SMILES string of the molecule is CCOCCCCNCCOc1ccc(C)cc1C. The minimum absolute atomic E-state index is 0.718. The zero-order valence-electron chi connectivity index (χ0n) is 12.5. The van der Waals surface area contributed by atoms with E-state index in [1.165, 1.54) is 11.1 Å². The lowest BCUT2D eigenvalue weighted by Crippen LogP contribution is -2.22. The van der Waals surface area contributed by atoms with Crippen LogP contribution in [0.3, 0.4) is 0 Å². The van der Waals surface area contributed by atoms with Gasteiger partial charge in [-0.1, -0.05) is 17.7 Å². The van der Waals surface area contributed by atoms with Crippen molar-refractivity contribution in [1.82, 2.24) is 5.32 Å². The van der Waals surface area contributed by atoms with E-state index < -0.39 is 0 Å². The highest BCUT2D eigenvalue weighted by Gasteiger charge is 1.98. The smallest absolute Gasteiger partial charge is 0.122 e. The molecular formula is C16H27NO2. The van der Waals surface area contributed by atoms with Gasteiger partial charge in [0.1, 0.15) is 12.4 Å². The van der Waals surface area contributed by atoms with Crippen LogP contribution < -0.4 is 10.1 Å². The van der Waals surface area contributed by atoms with Gasteiger partial charge >= 0.3 is 0 Å².